The molecule has 25 heavy (non-hydrogen) atoms. The number of aliphatic imine (C=N–C) groups is 1. The number of benzene rings is 2. The molecule has 1 amide bonds. The first-order valence-electron chi connectivity index (χ1n) is 7.31. The molecule has 0 unspecified atom stereocenters. The summed E-state index contributed by atoms with van der Waals surface area (Å²) >= 11 is 1.12. The predicted octanol–water partition coefficient (Wildman–Crippen LogP) is 3.72. The van der Waals surface area contributed by atoms with E-state index in [1.54, 1.807) is 31.2 Å². The van der Waals surface area contributed by atoms with Gasteiger partial charge in [-0.05, 0) is 60.2 Å². The third kappa shape index (κ3) is 3.95. The standard InChI is InChI=1S/C18H13FN2O3S/c1-10-5-6-12(17(23)24)9-14(10)20-18-21-16(22)15(25-18)8-11-3-2-4-13(19)7-11/h2-9H,1H3,(H,23,24)(H,20,21,22)/b15-8-. The van der Waals surface area contributed by atoms with Crippen LogP contribution in [0.15, 0.2) is 52.4 Å². The molecular formula is C18H13FN2O3S. The maximum Gasteiger partial charge on any atom is 0.335 e. The molecule has 0 radical (unpaired) electrons. The lowest BCUT2D eigenvalue weighted by molar-refractivity contribution is -0.115. The van der Waals surface area contributed by atoms with E-state index in [4.69, 9.17) is 5.11 Å². The molecule has 1 aliphatic rings. The van der Waals surface area contributed by atoms with Crippen molar-refractivity contribution in [3.63, 3.8) is 0 Å². The van der Waals surface area contributed by atoms with Crippen LogP contribution in [0, 0.1) is 12.7 Å². The van der Waals surface area contributed by atoms with Crippen LogP contribution < -0.4 is 5.32 Å². The van der Waals surface area contributed by atoms with Crippen molar-refractivity contribution in [2.45, 2.75) is 6.92 Å². The summed E-state index contributed by atoms with van der Waals surface area (Å²) in [7, 11) is 0. The Bertz CT molecular complexity index is 938. The van der Waals surface area contributed by atoms with Crippen molar-refractivity contribution in [1.29, 1.82) is 0 Å². The average Bonchev–Trinajstić information content (AvgIpc) is 2.89. The number of hydrogen-bond acceptors (Lipinski definition) is 4. The molecule has 2 N–H and O–H groups in total. The molecule has 1 fully saturated rings. The number of carbonyl (C=O) groups is 2. The number of amides is 1. The van der Waals surface area contributed by atoms with Crippen molar-refractivity contribution in [3.05, 3.63) is 69.9 Å². The fourth-order valence-corrected chi connectivity index (χ4v) is 3.04. The fraction of sp³-hybridized carbons (Fsp3) is 0.0556. The second kappa shape index (κ2) is 6.90. The molecule has 0 atom stereocenters. The molecule has 0 spiro atoms. The van der Waals surface area contributed by atoms with E-state index in [-0.39, 0.29) is 17.3 Å². The lowest BCUT2D eigenvalue weighted by Gasteiger charge is -2.03. The molecule has 5 nitrogen and oxygen atoms in total. The summed E-state index contributed by atoms with van der Waals surface area (Å²) < 4.78 is 13.2. The van der Waals surface area contributed by atoms with E-state index >= 15 is 0 Å². The number of carboxylic acid groups (broad SMARTS) is 1. The van der Waals surface area contributed by atoms with Gasteiger partial charge in [-0.15, -0.1) is 0 Å². The van der Waals surface area contributed by atoms with E-state index in [9.17, 15) is 14.0 Å². The molecule has 0 saturated carbocycles. The summed E-state index contributed by atoms with van der Waals surface area (Å²) in [4.78, 5) is 27.8. The first-order chi connectivity index (χ1) is 11.9. The summed E-state index contributed by atoms with van der Waals surface area (Å²) in [5.74, 6) is -1.76. The monoisotopic (exact) mass is 356 g/mol. The van der Waals surface area contributed by atoms with E-state index < -0.39 is 5.97 Å². The van der Waals surface area contributed by atoms with Gasteiger partial charge in [-0.3, -0.25) is 4.79 Å². The molecule has 2 aromatic rings. The van der Waals surface area contributed by atoms with Gasteiger partial charge in [0.25, 0.3) is 5.91 Å². The zero-order valence-electron chi connectivity index (χ0n) is 13.1. The van der Waals surface area contributed by atoms with Gasteiger partial charge in [0, 0.05) is 0 Å². The minimum atomic E-state index is -1.05. The normalized spacial score (nSPS) is 17.1. The number of hydrogen-bond donors (Lipinski definition) is 2. The molecule has 1 heterocycles. The summed E-state index contributed by atoms with van der Waals surface area (Å²) in [5, 5.41) is 12.0. The van der Waals surface area contributed by atoms with Crippen LogP contribution in [0.4, 0.5) is 10.1 Å². The Morgan fingerprint density at radius 3 is 2.80 bits per heavy atom. The van der Waals surface area contributed by atoms with Gasteiger partial charge in [0.05, 0.1) is 16.2 Å². The molecule has 0 aromatic heterocycles. The minimum absolute atomic E-state index is 0.120. The Balaban J connectivity index is 1.89. The molecular weight excluding hydrogens is 343 g/mol. The highest BCUT2D eigenvalue weighted by Crippen LogP contribution is 2.29. The van der Waals surface area contributed by atoms with E-state index in [2.05, 4.69) is 10.3 Å². The molecule has 1 saturated heterocycles. The smallest absolute Gasteiger partial charge is 0.335 e. The van der Waals surface area contributed by atoms with Gasteiger partial charge >= 0.3 is 5.97 Å². The van der Waals surface area contributed by atoms with Gasteiger partial charge in [0.1, 0.15) is 5.82 Å². The summed E-state index contributed by atoms with van der Waals surface area (Å²) in [5.41, 5.74) is 1.95. The van der Waals surface area contributed by atoms with Crippen molar-refractivity contribution < 1.29 is 19.1 Å². The maximum absolute atomic E-state index is 13.2. The zero-order chi connectivity index (χ0) is 18.0. The minimum Gasteiger partial charge on any atom is -0.478 e. The summed E-state index contributed by atoms with van der Waals surface area (Å²) in [6.45, 7) is 1.80. The molecule has 7 heteroatoms. The highest BCUT2D eigenvalue weighted by atomic mass is 32.2. The Morgan fingerprint density at radius 2 is 2.08 bits per heavy atom. The van der Waals surface area contributed by atoms with Gasteiger partial charge in [-0.1, -0.05) is 18.2 Å². The van der Waals surface area contributed by atoms with Crippen molar-refractivity contribution in [2.24, 2.45) is 4.99 Å². The Hall–Kier alpha value is -2.93. The van der Waals surface area contributed by atoms with Crippen molar-refractivity contribution >= 4 is 40.6 Å². The van der Waals surface area contributed by atoms with Crippen LogP contribution in [-0.4, -0.2) is 22.2 Å². The number of carboxylic acids is 1. The van der Waals surface area contributed by atoms with Crippen LogP contribution in [0.2, 0.25) is 0 Å². The quantitative estimate of drug-likeness (QED) is 0.822. The van der Waals surface area contributed by atoms with E-state index in [1.165, 1.54) is 24.3 Å². The third-order valence-corrected chi connectivity index (χ3v) is 4.39. The summed E-state index contributed by atoms with van der Waals surface area (Å²) in [6, 6.07) is 10.5. The number of thioether (sulfide) groups is 1. The predicted molar refractivity (Wildman–Crippen MR) is 95.3 cm³/mol. The Kier molecular flexibility index (Phi) is 4.67. The van der Waals surface area contributed by atoms with Crippen LogP contribution in [0.5, 0.6) is 0 Å². The highest BCUT2D eigenvalue weighted by Gasteiger charge is 2.24. The van der Waals surface area contributed by atoms with Gasteiger partial charge in [-0.25, -0.2) is 14.2 Å². The number of aromatic carboxylic acids is 1. The van der Waals surface area contributed by atoms with Crippen molar-refractivity contribution in [1.82, 2.24) is 5.32 Å². The largest absolute Gasteiger partial charge is 0.478 e. The van der Waals surface area contributed by atoms with Gasteiger partial charge in [0.2, 0.25) is 0 Å². The topological polar surface area (TPSA) is 78.8 Å². The molecule has 1 aliphatic heterocycles. The first kappa shape index (κ1) is 16.9. The number of nitrogens with zero attached hydrogens (tertiary/aromatic N) is 1. The summed E-state index contributed by atoms with van der Waals surface area (Å²) in [6.07, 6.45) is 1.58. The number of nitrogens with one attached hydrogen (secondary N) is 1. The van der Waals surface area contributed by atoms with E-state index in [0.29, 0.717) is 21.3 Å². The lowest BCUT2D eigenvalue weighted by Crippen LogP contribution is -2.19. The van der Waals surface area contributed by atoms with Crippen molar-refractivity contribution in [3.8, 4) is 0 Å². The number of carbonyl (C=O) groups excluding carboxylic acids is 1. The Labute approximate surface area is 147 Å². The van der Waals surface area contributed by atoms with Gasteiger partial charge < -0.3 is 10.4 Å². The highest BCUT2D eigenvalue weighted by molar-refractivity contribution is 8.18. The van der Waals surface area contributed by atoms with Crippen LogP contribution in [0.25, 0.3) is 6.08 Å². The van der Waals surface area contributed by atoms with Crippen LogP contribution in [0.1, 0.15) is 21.5 Å². The average molecular weight is 356 g/mol. The lowest BCUT2D eigenvalue weighted by atomic mass is 10.1. The fourth-order valence-electron chi connectivity index (χ4n) is 2.20. The van der Waals surface area contributed by atoms with Crippen LogP contribution >= 0.6 is 11.8 Å². The second-order valence-corrected chi connectivity index (χ2v) is 6.37. The maximum atomic E-state index is 13.2. The number of halogens is 1. The number of aryl methyl sites for hydroxylation is 1. The molecule has 126 valence electrons. The second-order valence-electron chi connectivity index (χ2n) is 5.34. The molecule has 2 aromatic carbocycles. The third-order valence-electron chi connectivity index (χ3n) is 3.48. The molecule has 0 bridgehead atoms. The number of rotatable bonds is 3. The van der Waals surface area contributed by atoms with Crippen LogP contribution in [-0.2, 0) is 4.79 Å². The van der Waals surface area contributed by atoms with E-state index in [1.807, 2.05) is 0 Å². The van der Waals surface area contributed by atoms with Crippen molar-refractivity contribution in [2.75, 3.05) is 0 Å². The van der Waals surface area contributed by atoms with Gasteiger partial charge in [-0.2, -0.15) is 0 Å². The SMILES string of the molecule is Cc1ccc(C(=O)O)cc1N=C1NC(=O)/C(=C/c2cccc(F)c2)S1. The van der Waals surface area contributed by atoms with Crippen LogP contribution in [0.3, 0.4) is 0 Å². The van der Waals surface area contributed by atoms with Gasteiger partial charge in [0.15, 0.2) is 5.17 Å². The number of amidine groups is 1. The zero-order valence-corrected chi connectivity index (χ0v) is 13.9. The molecule has 3 rings (SSSR count). The molecule has 0 aliphatic carbocycles. The Morgan fingerprint density at radius 1 is 1.28 bits per heavy atom. The first-order valence-corrected chi connectivity index (χ1v) is 8.13. The van der Waals surface area contributed by atoms with E-state index in [0.717, 1.165) is 17.3 Å².